The van der Waals surface area contributed by atoms with Gasteiger partial charge in [0.2, 0.25) is 0 Å². The highest BCUT2D eigenvalue weighted by Crippen LogP contribution is 2.36. The second-order valence-corrected chi connectivity index (χ2v) is 6.85. The lowest BCUT2D eigenvalue weighted by Crippen LogP contribution is -2.34. The SMILES string of the molecule is C=C1C(=O)O[C@@H]2/C=C(/C)[C@H](O)C/C=C(\C)C[C@@H](OC(=O)/C(=C/CO)CO)[C@@H]12. The van der Waals surface area contributed by atoms with E-state index >= 15 is 0 Å². The number of aliphatic hydroxyl groups is 3. The predicted molar refractivity (Wildman–Crippen MR) is 97.4 cm³/mol. The highest BCUT2D eigenvalue weighted by molar-refractivity contribution is 5.92. The Kier molecular flexibility index (Phi) is 7.12. The van der Waals surface area contributed by atoms with Crippen LogP contribution < -0.4 is 0 Å². The van der Waals surface area contributed by atoms with E-state index in [1.165, 1.54) is 6.08 Å². The Morgan fingerprint density at radius 1 is 1.41 bits per heavy atom. The van der Waals surface area contributed by atoms with Crippen molar-refractivity contribution in [1.82, 2.24) is 0 Å². The largest absolute Gasteiger partial charge is 0.458 e. The van der Waals surface area contributed by atoms with Gasteiger partial charge in [0.05, 0.1) is 30.8 Å². The maximum Gasteiger partial charge on any atom is 0.336 e. The van der Waals surface area contributed by atoms with Crippen molar-refractivity contribution in [3.63, 3.8) is 0 Å². The van der Waals surface area contributed by atoms with Crippen molar-refractivity contribution in [2.45, 2.75) is 45.0 Å². The summed E-state index contributed by atoms with van der Waals surface area (Å²) in [6.07, 6.45) is 3.27. The zero-order valence-corrected chi connectivity index (χ0v) is 15.6. The third kappa shape index (κ3) is 4.94. The van der Waals surface area contributed by atoms with Gasteiger partial charge >= 0.3 is 11.9 Å². The fraction of sp³-hybridized carbons (Fsp3) is 0.500. The van der Waals surface area contributed by atoms with Crippen LogP contribution in [-0.4, -0.2) is 58.8 Å². The number of fused-ring (bicyclic) bond motifs is 1. The van der Waals surface area contributed by atoms with Crippen LogP contribution in [0.5, 0.6) is 0 Å². The van der Waals surface area contributed by atoms with Gasteiger partial charge < -0.3 is 24.8 Å². The molecule has 1 saturated heterocycles. The van der Waals surface area contributed by atoms with E-state index in [2.05, 4.69) is 6.58 Å². The summed E-state index contributed by atoms with van der Waals surface area (Å²) in [6.45, 7) is 6.41. The molecule has 1 aliphatic heterocycles. The van der Waals surface area contributed by atoms with Crippen molar-refractivity contribution in [2.75, 3.05) is 13.2 Å². The van der Waals surface area contributed by atoms with Gasteiger partial charge in [0.15, 0.2) is 0 Å². The lowest BCUT2D eigenvalue weighted by Gasteiger charge is -2.28. The minimum atomic E-state index is -0.770. The lowest BCUT2D eigenvalue weighted by molar-refractivity contribution is -0.147. The average molecular weight is 378 g/mol. The van der Waals surface area contributed by atoms with Gasteiger partial charge in [0.1, 0.15) is 12.2 Å². The second-order valence-electron chi connectivity index (χ2n) is 6.85. The van der Waals surface area contributed by atoms with Crippen molar-refractivity contribution in [1.29, 1.82) is 0 Å². The first-order chi connectivity index (χ1) is 12.8. The molecule has 1 fully saturated rings. The molecule has 148 valence electrons. The van der Waals surface area contributed by atoms with Crippen molar-refractivity contribution in [3.8, 4) is 0 Å². The van der Waals surface area contributed by atoms with Crippen molar-refractivity contribution in [3.05, 3.63) is 47.1 Å². The van der Waals surface area contributed by atoms with E-state index in [1.54, 1.807) is 13.0 Å². The quantitative estimate of drug-likeness (QED) is 0.379. The monoisotopic (exact) mass is 378 g/mol. The summed E-state index contributed by atoms with van der Waals surface area (Å²) >= 11 is 0. The number of carbonyl (C=O) groups is 2. The number of ether oxygens (including phenoxy) is 2. The molecule has 0 aromatic rings. The number of carbonyl (C=O) groups excluding carboxylic acids is 2. The summed E-state index contributed by atoms with van der Waals surface area (Å²) in [5.74, 6) is -1.95. The first-order valence-electron chi connectivity index (χ1n) is 8.82. The maximum absolute atomic E-state index is 12.4. The first kappa shape index (κ1) is 21.1. The highest BCUT2D eigenvalue weighted by atomic mass is 16.6. The molecule has 4 atom stereocenters. The fourth-order valence-electron chi connectivity index (χ4n) is 3.23. The van der Waals surface area contributed by atoms with E-state index in [1.807, 2.05) is 13.0 Å². The molecule has 0 aromatic carbocycles. The molecule has 0 spiro atoms. The molecule has 3 N–H and O–H groups in total. The van der Waals surface area contributed by atoms with Crippen molar-refractivity contribution >= 4 is 11.9 Å². The molecule has 0 saturated carbocycles. The zero-order valence-electron chi connectivity index (χ0n) is 15.6. The van der Waals surface area contributed by atoms with Crippen LogP contribution in [0.25, 0.3) is 0 Å². The molecule has 0 radical (unpaired) electrons. The van der Waals surface area contributed by atoms with E-state index in [9.17, 15) is 19.8 Å². The summed E-state index contributed by atoms with van der Waals surface area (Å²) in [5, 5.41) is 28.5. The van der Waals surface area contributed by atoms with E-state index in [0.29, 0.717) is 18.4 Å². The number of esters is 2. The predicted octanol–water partition coefficient (Wildman–Crippen LogP) is 0.954. The van der Waals surface area contributed by atoms with Crippen LogP contribution in [0, 0.1) is 5.92 Å². The Balaban J connectivity index is 2.40. The Morgan fingerprint density at radius 2 is 2.11 bits per heavy atom. The summed E-state index contributed by atoms with van der Waals surface area (Å²) in [4.78, 5) is 24.5. The zero-order chi connectivity index (χ0) is 20.1. The number of hydrogen-bond donors (Lipinski definition) is 3. The molecular formula is C20H26O7. The minimum absolute atomic E-state index is 0.0641. The molecule has 0 aromatic heterocycles. The summed E-state index contributed by atoms with van der Waals surface area (Å²) in [6, 6.07) is 0. The van der Waals surface area contributed by atoms with Crippen LogP contribution in [-0.2, 0) is 19.1 Å². The van der Waals surface area contributed by atoms with Gasteiger partial charge in [-0.2, -0.15) is 0 Å². The van der Waals surface area contributed by atoms with Crippen LogP contribution in [0.2, 0.25) is 0 Å². The Bertz CT molecular complexity index is 701. The molecule has 1 heterocycles. The second kappa shape index (κ2) is 9.12. The Hall–Kier alpha value is -2.22. The van der Waals surface area contributed by atoms with Crippen LogP contribution in [0.1, 0.15) is 26.7 Å². The van der Waals surface area contributed by atoms with Gasteiger partial charge in [0.25, 0.3) is 0 Å². The molecule has 2 aliphatic rings. The standard InChI is InChI=1S/C20H26O7/c1-11-4-5-15(23)12(2)9-17-18(13(3)19(24)26-17)16(8-11)27-20(25)14(10-22)6-7-21/h4,6,9,15-18,21-23H,3,5,7-8,10H2,1-2H3/b11-4+,12-9-,14-6+/t15-,16-,17-,18-/m1/s1. The van der Waals surface area contributed by atoms with Crippen molar-refractivity contribution in [2.24, 2.45) is 5.92 Å². The van der Waals surface area contributed by atoms with Gasteiger partial charge in [-0.25, -0.2) is 9.59 Å². The maximum atomic E-state index is 12.4. The van der Waals surface area contributed by atoms with Crippen LogP contribution >= 0.6 is 0 Å². The fourth-order valence-corrected chi connectivity index (χ4v) is 3.23. The third-order valence-electron chi connectivity index (χ3n) is 4.86. The van der Waals surface area contributed by atoms with Gasteiger partial charge in [-0.05, 0) is 38.0 Å². The Labute approximate surface area is 158 Å². The van der Waals surface area contributed by atoms with E-state index in [-0.39, 0.29) is 11.1 Å². The third-order valence-corrected chi connectivity index (χ3v) is 4.86. The minimum Gasteiger partial charge on any atom is -0.458 e. The lowest BCUT2D eigenvalue weighted by atomic mass is 9.85. The highest BCUT2D eigenvalue weighted by Gasteiger charge is 2.44. The summed E-state index contributed by atoms with van der Waals surface area (Å²) < 4.78 is 11.0. The Morgan fingerprint density at radius 3 is 2.74 bits per heavy atom. The van der Waals surface area contributed by atoms with Gasteiger partial charge in [-0.1, -0.05) is 18.2 Å². The topological polar surface area (TPSA) is 113 Å². The molecule has 27 heavy (non-hydrogen) atoms. The van der Waals surface area contributed by atoms with E-state index < -0.39 is 49.4 Å². The molecule has 0 amide bonds. The molecule has 7 nitrogen and oxygen atoms in total. The van der Waals surface area contributed by atoms with Crippen LogP contribution in [0.15, 0.2) is 47.1 Å². The number of rotatable bonds is 4. The summed E-state index contributed by atoms with van der Waals surface area (Å²) in [7, 11) is 0. The van der Waals surface area contributed by atoms with Crippen LogP contribution in [0.4, 0.5) is 0 Å². The molecule has 0 bridgehead atoms. The van der Waals surface area contributed by atoms with Crippen molar-refractivity contribution < 1.29 is 34.4 Å². The average Bonchev–Trinajstić information content (AvgIpc) is 2.89. The molecule has 0 unspecified atom stereocenters. The molecule has 1 aliphatic carbocycles. The number of aliphatic hydroxyl groups excluding tert-OH is 3. The number of hydrogen-bond acceptors (Lipinski definition) is 7. The van der Waals surface area contributed by atoms with Gasteiger partial charge in [0, 0.05) is 12.0 Å². The van der Waals surface area contributed by atoms with Gasteiger partial charge in [-0.15, -0.1) is 0 Å². The smallest absolute Gasteiger partial charge is 0.336 e. The normalized spacial score (nSPS) is 33.3. The van der Waals surface area contributed by atoms with E-state index in [0.717, 1.165) is 5.57 Å². The molecule has 7 heteroatoms. The van der Waals surface area contributed by atoms with Gasteiger partial charge in [-0.3, -0.25) is 0 Å². The molecular weight excluding hydrogens is 352 g/mol. The first-order valence-corrected chi connectivity index (χ1v) is 8.82. The van der Waals surface area contributed by atoms with Crippen LogP contribution in [0.3, 0.4) is 0 Å². The summed E-state index contributed by atoms with van der Waals surface area (Å²) in [5.41, 5.74) is 1.66. The molecule has 2 rings (SSSR count). The van der Waals surface area contributed by atoms with E-state index in [4.69, 9.17) is 14.6 Å².